The second-order valence-electron chi connectivity index (χ2n) is 3.48. The minimum atomic E-state index is -1.15. The number of imidazole rings is 1. The summed E-state index contributed by atoms with van der Waals surface area (Å²) < 4.78 is 7.79. The Bertz CT molecular complexity index is 593. The van der Waals surface area contributed by atoms with Crippen LogP contribution >= 0.6 is 0 Å². The van der Waals surface area contributed by atoms with E-state index in [2.05, 4.69) is 5.16 Å². The van der Waals surface area contributed by atoms with Crippen LogP contribution in [-0.2, 0) is 13.1 Å². The molecule has 2 aromatic rings. The summed E-state index contributed by atoms with van der Waals surface area (Å²) in [5.74, 6) is -0.822. The zero-order chi connectivity index (χ0) is 12.4. The molecule has 1 N–H and O–H groups in total. The molecular weight excluding hydrogens is 226 g/mol. The highest BCUT2D eigenvalue weighted by Crippen LogP contribution is 2.04. The summed E-state index contributed by atoms with van der Waals surface area (Å²) in [6.07, 6.45) is 3.28. The van der Waals surface area contributed by atoms with Gasteiger partial charge in [0.2, 0.25) is 0 Å². The third-order valence-corrected chi connectivity index (χ3v) is 2.36. The number of carbonyl (C=O) groups is 1. The molecule has 0 atom stereocenters. The lowest BCUT2D eigenvalue weighted by Crippen LogP contribution is -2.23. The molecule has 0 spiro atoms. The van der Waals surface area contributed by atoms with E-state index in [0.29, 0.717) is 12.3 Å². The maximum absolute atomic E-state index is 11.7. The maximum Gasteiger partial charge on any atom is 0.358 e. The topological polar surface area (TPSA) is 90.3 Å². The van der Waals surface area contributed by atoms with Crippen LogP contribution in [0.4, 0.5) is 0 Å². The number of carboxylic acids is 1. The van der Waals surface area contributed by atoms with E-state index in [-0.39, 0.29) is 17.9 Å². The van der Waals surface area contributed by atoms with Crippen LogP contribution in [0.3, 0.4) is 0 Å². The number of hydrogen-bond acceptors (Lipinski definition) is 4. The van der Waals surface area contributed by atoms with Gasteiger partial charge >= 0.3 is 11.7 Å². The van der Waals surface area contributed by atoms with Crippen LogP contribution in [-0.4, -0.2) is 25.4 Å². The van der Waals surface area contributed by atoms with Gasteiger partial charge in [-0.3, -0.25) is 9.13 Å². The molecule has 7 nitrogen and oxygen atoms in total. The largest absolute Gasteiger partial charge is 0.476 e. The number of carboxylic acid groups (broad SMARTS) is 1. The van der Waals surface area contributed by atoms with Crippen molar-refractivity contribution in [2.45, 2.75) is 20.0 Å². The quantitative estimate of drug-likeness (QED) is 0.831. The number of rotatable bonds is 4. The number of nitrogens with zero attached hydrogens (tertiary/aromatic N) is 3. The molecule has 0 aliphatic rings. The summed E-state index contributed by atoms with van der Waals surface area (Å²) in [6, 6.07) is 1.30. The van der Waals surface area contributed by atoms with Gasteiger partial charge in [0.05, 0.1) is 6.54 Å². The molecule has 0 unspecified atom stereocenters. The molecule has 90 valence electrons. The molecule has 17 heavy (non-hydrogen) atoms. The number of aromatic carboxylic acids is 1. The molecule has 0 fully saturated rings. The van der Waals surface area contributed by atoms with E-state index in [9.17, 15) is 9.59 Å². The minimum absolute atomic E-state index is 0.164. The first kappa shape index (κ1) is 11.2. The van der Waals surface area contributed by atoms with E-state index in [1.165, 1.54) is 15.2 Å². The van der Waals surface area contributed by atoms with Crippen LogP contribution in [0.1, 0.15) is 23.2 Å². The molecule has 2 rings (SSSR count). The van der Waals surface area contributed by atoms with Crippen LogP contribution in [0, 0.1) is 0 Å². The first-order valence-electron chi connectivity index (χ1n) is 5.06. The van der Waals surface area contributed by atoms with Gasteiger partial charge in [-0.1, -0.05) is 5.16 Å². The van der Waals surface area contributed by atoms with Gasteiger partial charge in [0.15, 0.2) is 11.5 Å². The first-order chi connectivity index (χ1) is 8.11. The molecule has 0 aliphatic carbocycles. The van der Waals surface area contributed by atoms with Crippen molar-refractivity contribution in [1.29, 1.82) is 0 Å². The van der Waals surface area contributed by atoms with Crippen molar-refractivity contribution in [2.75, 3.05) is 0 Å². The molecule has 0 aliphatic heterocycles. The standard InChI is InChI=1S/C10H11N3O4/c1-2-12-3-4-13(10(12)16)6-7-5-8(9(14)15)11-17-7/h3-5H,2,6H2,1H3,(H,14,15). The van der Waals surface area contributed by atoms with E-state index in [4.69, 9.17) is 9.63 Å². The second kappa shape index (κ2) is 4.28. The normalized spacial score (nSPS) is 10.6. The summed E-state index contributed by atoms with van der Waals surface area (Å²) >= 11 is 0. The van der Waals surface area contributed by atoms with Crippen LogP contribution < -0.4 is 5.69 Å². The van der Waals surface area contributed by atoms with Crippen molar-refractivity contribution >= 4 is 5.97 Å². The van der Waals surface area contributed by atoms with E-state index < -0.39 is 5.97 Å². The highest BCUT2D eigenvalue weighted by molar-refractivity contribution is 5.85. The third-order valence-electron chi connectivity index (χ3n) is 2.36. The van der Waals surface area contributed by atoms with Gasteiger partial charge in [0.25, 0.3) is 0 Å². The Balaban J connectivity index is 2.22. The molecule has 0 amide bonds. The Hall–Kier alpha value is -2.31. The fraction of sp³-hybridized carbons (Fsp3) is 0.300. The second-order valence-corrected chi connectivity index (χ2v) is 3.48. The van der Waals surface area contributed by atoms with E-state index in [1.807, 2.05) is 6.92 Å². The Morgan fingerprint density at radius 1 is 1.47 bits per heavy atom. The average molecular weight is 237 g/mol. The molecule has 0 saturated carbocycles. The lowest BCUT2D eigenvalue weighted by atomic mass is 10.3. The van der Waals surface area contributed by atoms with Crippen molar-refractivity contribution in [3.05, 3.63) is 40.4 Å². The van der Waals surface area contributed by atoms with Crippen molar-refractivity contribution < 1.29 is 14.4 Å². The highest BCUT2D eigenvalue weighted by atomic mass is 16.5. The lowest BCUT2D eigenvalue weighted by molar-refractivity contribution is 0.0685. The zero-order valence-electron chi connectivity index (χ0n) is 9.16. The molecule has 7 heteroatoms. The van der Waals surface area contributed by atoms with Crippen molar-refractivity contribution in [3.8, 4) is 0 Å². The SMILES string of the molecule is CCn1ccn(Cc2cc(C(=O)O)no2)c1=O. The summed E-state index contributed by atoms with van der Waals surface area (Å²) in [5, 5.41) is 12.0. The molecule has 0 bridgehead atoms. The summed E-state index contributed by atoms with van der Waals surface area (Å²) in [7, 11) is 0. The minimum Gasteiger partial charge on any atom is -0.476 e. The van der Waals surface area contributed by atoms with Gasteiger partial charge in [-0.2, -0.15) is 0 Å². The number of aromatic nitrogens is 3. The van der Waals surface area contributed by atoms with E-state index in [0.717, 1.165) is 0 Å². The zero-order valence-corrected chi connectivity index (χ0v) is 9.16. The van der Waals surface area contributed by atoms with Crippen molar-refractivity contribution in [2.24, 2.45) is 0 Å². The van der Waals surface area contributed by atoms with Gasteiger partial charge < -0.3 is 9.63 Å². The molecule has 0 saturated heterocycles. The maximum atomic E-state index is 11.7. The monoisotopic (exact) mass is 237 g/mol. The Morgan fingerprint density at radius 3 is 2.71 bits per heavy atom. The van der Waals surface area contributed by atoms with Crippen molar-refractivity contribution in [1.82, 2.24) is 14.3 Å². The van der Waals surface area contributed by atoms with Gasteiger partial charge in [-0.05, 0) is 6.92 Å². The lowest BCUT2D eigenvalue weighted by Gasteiger charge is -1.96. The summed E-state index contributed by atoms with van der Waals surface area (Å²) in [4.78, 5) is 22.3. The fourth-order valence-electron chi connectivity index (χ4n) is 1.47. The van der Waals surface area contributed by atoms with Crippen molar-refractivity contribution in [3.63, 3.8) is 0 Å². The van der Waals surface area contributed by atoms with Gasteiger partial charge in [0, 0.05) is 25.0 Å². The van der Waals surface area contributed by atoms with E-state index >= 15 is 0 Å². The van der Waals surface area contributed by atoms with Crippen LogP contribution in [0.15, 0.2) is 27.8 Å². The Labute approximate surface area is 95.9 Å². The fourth-order valence-corrected chi connectivity index (χ4v) is 1.47. The van der Waals surface area contributed by atoms with Crippen LogP contribution in [0.2, 0.25) is 0 Å². The average Bonchev–Trinajstić information content (AvgIpc) is 2.88. The third kappa shape index (κ3) is 2.12. The first-order valence-corrected chi connectivity index (χ1v) is 5.06. The smallest absolute Gasteiger partial charge is 0.358 e. The predicted molar refractivity (Wildman–Crippen MR) is 56.9 cm³/mol. The van der Waals surface area contributed by atoms with Crippen LogP contribution in [0.25, 0.3) is 0 Å². The summed E-state index contributed by atoms with van der Waals surface area (Å²) in [5.41, 5.74) is -0.330. The molecule has 0 aromatic carbocycles. The van der Waals surface area contributed by atoms with Gasteiger partial charge in [-0.15, -0.1) is 0 Å². The Kier molecular flexibility index (Phi) is 2.82. The molecule has 2 heterocycles. The predicted octanol–water partition coefficient (Wildman–Crippen LogP) is 0.404. The summed E-state index contributed by atoms with van der Waals surface area (Å²) in [6.45, 7) is 2.62. The van der Waals surface area contributed by atoms with Crippen LogP contribution in [0.5, 0.6) is 0 Å². The van der Waals surface area contributed by atoms with E-state index in [1.54, 1.807) is 12.4 Å². The number of hydrogen-bond donors (Lipinski definition) is 1. The molecular formula is C10H11N3O4. The van der Waals surface area contributed by atoms with Gasteiger partial charge in [-0.25, -0.2) is 9.59 Å². The number of aryl methyl sites for hydroxylation is 1. The molecule has 0 radical (unpaired) electrons. The Morgan fingerprint density at radius 2 is 2.18 bits per heavy atom. The highest BCUT2D eigenvalue weighted by Gasteiger charge is 2.12. The van der Waals surface area contributed by atoms with Gasteiger partial charge in [0.1, 0.15) is 0 Å². The molecule has 2 aromatic heterocycles.